The Morgan fingerprint density at radius 2 is 1.70 bits per heavy atom. The predicted octanol–water partition coefficient (Wildman–Crippen LogP) is 4.83. The van der Waals surface area contributed by atoms with Crippen molar-refractivity contribution in [2.75, 3.05) is 21.0 Å². The van der Waals surface area contributed by atoms with E-state index in [1.807, 2.05) is 36.4 Å². The number of methoxy groups -OCH3 is 2. The lowest BCUT2D eigenvalue weighted by Crippen LogP contribution is -2.23. The summed E-state index contributed by atoms with van der Waals surface area (Å²) in [4.78, 5) is 12.4. The van der Waals surface area contributed by atoms with Gasteiger partial charge in [0.2, 0.25) is 6.79 Å². The Morgan fingerprint density at radius 3 is 2.36 bits per heavy atom. The molecule has 33 heavy (non-hydrogen) atoms. The van der Waals surface area contributed by atoms with Crippen molar-refractivity contribution < 1.29 is 33.6 Å². The number of ether oxygens (including phenoxy) is 5. The maximum absolute atomic E-state index is 12.4. The third-order valence-corrected chi connectivity index (χ3v) is 5.63. The number of aliphatic hydroxyl groups excluding tert-OH is 1. The van der Waals surface area contributed by atoms with Gasteiger partial charge in [-0.05, 0) is 84.1 Å². The number of esters is 1. The van der Waals surface area contributed by atoms with E-state index in [2.05, 4.69) is 0 Å². The lowest BCUT2D eigenvalue weighted by molar-refractivity contribution is -0.154. The van der Waals surface area contributed by atoms with Crippen LogP contribution in [0.5, 0.6) is 23.0 Å². The maximum atomic E-state index is 12.4. The van der Waals surface area contributed by atoms with Gasteiger partial charge >= 0.3 is 5.97 Å². The predicted molar refractivity (Wildman–Crippen MR) is 124 cm³/mol. The molecule has 0 spiro atoms. The van der Waals surface area contributed by atoms with Crippen LogP contribution >= 0.6 is 0 Å². The quantitative estimate of drug-likeness (QED) is 0.536. The van der Waals surface area contributed by atoms with Crippen molar-refractivity contribution in [1.29, 1.82) is 0 Å². The van der Waals surface area contributed by atoms with Crippen molar-refractivity contribution in [1.82, 2.24) is 0 Å². The molecule has 0 bridgehead atoms. The van der Waals surface area contributed by atoms with Crippen molar-refractivity contribution in [2.45, 2.75) is 34.0 Å². The van der Waals surface area contributed by atoms with E-state index in [0.29, 0.717) is 34.1 Å². The molecule has 0 amide bonds. The fourth-order valence-electron chi connectivity index (χ4n) is 3.88. The van der Waals surface area contributed by atoms with Gasteiger partial charge in [0.05, 0.1) is 26.2 Å². The van der Waals surface area contributed by atoms with E-state index in [-0.39, 0.29) is 26.0 Å². The zero-order valence-corrected chi connectivity index (χ0v) is 19.5. The summed E-state index contributed by atoms with van der Waals surface area (Å²) in [6.45, 7) is 5.37. The van der Waals surface area contributed by atoms with E-state index in [0.717, 1.165) is 21.9 Å². The van der Waals surface area contributed by atoms with Crippen LogP contribution in [-0.4, -0.2) is 32.1 Å². The summed E-state index contributed by atoms with van der Waals surface area (Å²) in [6, 6.07) is 11.3. The molecule has 0 unspecified atom stereocenters. The Labute approximate surface area is 192 Å². The van der Waals surface area contributed by atoms with E-state index in [1.165, 1.54) is 0 Å². The molecular weight excluding hydrogens is 424 g/mol. The maximum Gasteiger partial charge on any atom is 0.311 e. The molecular formula is C26H28O7. The standard InChI is InChI=1S/C26H28O7/c1-26(2,3)25(28)31-13-17-8-16-10-21(29-4)22(30-5)11-18(16)24(19(17)12-27)15-6-7-20-23(9-15)33-14-32-20/h6-11,27H,12-14H2,1-5H3. The molecule has 1 heterocycles. The fourth-order valence-corrected chi connectivity index (χ4v) is 3.88. The highest BCUT2D eigenvalue weighted by molar-refractivity contribution is 6.01. The molecule has 3 aromatic carbocycles. The molecule has 0 fully saturated rings. The Balaban J connectivity index is 1.94. The lowest BCUT2D eigenvalue weighted by Gasteiger charge is -2.21. The van der Waals surface area contributed by atoms with Crippen molar-refractivity contribution in [2.24, 2.45) is 5.41 Å². The summed E-state index contributed by atoms with van der Waals surface area (Å²) in [6.07, 6.45) is 0. The molecule has 4 rings (SSSR count). The van der Waals surface area contributed by atoms with Crippen molar-refractivity contribution >= 4 is 16.7 Å². The highest BCUT2D eigenvalue weighted by Gasteiger charge is 2.25. The molecule has 1 aliphatic rings. The van der Waals surface area contributed by atoms with Gasteiger partial charge in [-0.15, -0.1) is 0 Å². The van der Waals surface area contributed by atoms with Crippen molar-refractivity contribution in [3.05, 3.63) is 47.5 Å². The fraction of sp³-hybridized carbons (Fsp3) is 0.346. The first kappa shape index (κ1) is 22.7. The molecule has 0 atom stereocenters. The Hall–Kier alpha value is -3.45. The van der Waals surface area contributed by atoms with Gasteiger partial charge in [0.1, 0.15) is 6.61 Å². The third kappa shape index (κ3) is 4.28. The summed E-state index contributed by atoms with van der Waals surface area (Å²) in [5.74, 6) is 2.14. The minimum absolute atomic E-state index is 0.0355. The molecule has 0 radical (unpaired) electrons. The van der Waals surface area contributed by atoms with E-state index >= 15 is 0 Å². The van der Waals surface area contributed by atoms with Gasteiger partial charge in [-0.25, -0.2) is 0 Å². The largest absolute Gasteiger partial charge is 0.493 e. The van der Waals surface area contributed by atoms with E-state index in [1.54, 1.807) is 35.0 Å². The summed E-state index contributed by atoms with van der Waals surface area (Å²) in [5, 5.41) is 12.1. The van der Waals surface area contributed by atoms with E-state index in [4.69, 9.17) is 23.7 Å². The molecule has 7 nitrogen and oxygen atoms in total. The van der Waals surface area contributed by atoms with Crippen LogP contribution in [0.1, 0.15) is 31.9 Å². The lowest BCUT2D eigenvalue weighted by atomic mass is 9.89. The summed E-state index contributed by atoms with van der Waals surface area (Å²) in [5.41, 5.74) is 2.38. The van der Waals surface area contributed by atoms with E-state index in [9.17, 15) is 9.90 Å². The van der Waals surface area contributed by atoms with Crippen LogP contribution in [0.25, 0.3) is 21.9 Å². The Kier molecular flexibility index (Phi) is 6.08. The summed E-state index contributed by atoms with van der Waals surface area (Å²) < 4.78 is 27.7. The monoisotopic (exact) mass is 452 g/mol. The van der Waals surface area contributed by atoms with Crippen LogP contribution in [0.2, 0.25) is 0 Å². The first-order valence-electron chi connectivity index (χ1n) is 10.7. The van der Waals surface area contributed by atoms with Crippen LogP contribution < -0.4 is 18.9 Å². The zero-order valence-electron chi connectivity index (χ0n) is 19.5. The molecule has 0 saturated heterocycles. The zero-order chi connectivity index (χ0) is 23.8. The molecule has 174 valence electrons. The van der Waals surface area contributed by atoms with Crippen LogP contribution in [0.15, 0.2) is 36.4 Å². The SMILES string of the molecule is COc1cc2cc(COC(=O)C(C)(C)C)c(CO)c(-c3ccc4c(c3)OCO4)c2cc1OC. The van der Waals surface area contributed by atoms with Crippen LogP contribution in [-0.2, 0) is 22.7 Å². The molecule has 3 aromatic rings. The van der Waals surface area contributed by atoms with Crippen LogP contribution in [0, 0.1) is 5.41 Å². The first-order valence-corrected chi connectivity index (χ1v) is 10.7. The minimum Gasteiger partial charge on any atom is -0.493 e. The highest BCUT2D eigenvalue weighted by Crippen LogP contribution is 2.43. The average molecular weight is 453 g/mol. The second-order valence-electron chi connectivity index (χ2n) is 8.87. The summed E-state index contributed by atoms with van der Waals surface area (Å²) in [7, 11) is 3.16. The van der Waals surface area contributed by atoms with Gasteiger partial charge in [-0.2, -0.15) is 0 Å². The molecule has 1 aliphatic heterocycles. The normalized spacial score (nSPS) is 12.7. The van der Waals surface area contributed by atoms with Gasteiger partial charge in [0, 0.05) is 0 Å². The third-order valence-electron chi connectivity index (χ3n) is 5.63. The second-order valence-corrected chi connectivity index (χ2v) is 8.87. The smallest absolute Gasteiger partial charge is 0.311 e. The van der Waals surface area contributed by atoms with Gasteiger partial charge < -0.3 is 28.8 Å². The molecule has 0 aliphatic carbocycles. The second kappa shape index (κ2) is 8.83. The first-order chi connectivity index (χ1) is 15.8. The number of carbonyl (C=O) groups excluding carboxylic acids is 1. The number of hydrogen-bond acceptors (Lipinski definition) is 7. The number of benzene rings is 3. The van der Waals surface area contributed by atoms with Crippen molar-refractivity contribution in [3.63, 3.8) is 0 Å². The molecule has 7 heteroatoms. The van der Waals surface area contributed by atoms with Crippen LogP contribution in [0.4, 0.5) is 0 Å². The Bertz CT molecular complexity index is 1210. The van der Waals surface area contributed by atoms with Gasteiger partial charge in [-0.1, -0.05) is 6.07 Å². The highest BCUT2D eigenvalue weighted by atomic mass is 16.7. The molecule has 1 N–H and O–H groups in total. The van der Waals surface area contributed by atoms with Crippen molar-refractivity contribution in [3.8, 4) is 34.1 Å². The molecule has 0 aromatic heterocycles. The number of fused-ring (bicyclic) bond motifs is 2. The minimum atomic E-state index is -0.632. The van der Waals surface area contributed by atoms with Gasteiger partial charge in [0.25, 0.3) is 0 Å². The number of hydrogen-bond donors (Lipinski definition) is 1. The number of aliphatic hydroxyl groups is 1. The molecule has 0 saturated carbocycles. The summed E-state index contributed by atoms with van der Waals surface area (Å²) >= 11 is 0. The Morgan fingerprint density at radius 1 is 1.00 bits per heavy atom. The van der Waals surface area contributed by atoms with Gasteiger partial charge in [-0.3, -0.25) is 4.79 Å². The topological polar surface area (TPSA) is 83.5 Å². The van der Waals surface area contributed by atoms with Gasteiger partial charge in [0.15, 0.2) is 23.0 Å². The van der Waals surface area contributed by atoms with Crippen LogP contribution in [0.3, 0.4) is 0 Å². The average Bonchev–Trinajstić information content (AvgIpc) is 3.27. The number of carbonyl (C=O) groups is 1. The number of rotatable bonds is 6. The van der Waals surface area contributed by atoms with E-state index < -0.39 is 5.41 Å².